The second-order valence-electron chi connectivity index (χ2n) is 4.18. The Hall–Kier alpha value is -1.09. The standard InChI is InChI=1S/C10H13ClN2O/c1-10(2,3)7-4-6(9(12)14)5-8(11)13-7/h4-5H,1-3H3,(H2,12,14). The van der Waals surface area contributed by atoms with Crippen LogP contribution in [0.15, 0.2) is 12.1 Å². The summed E-state index contributed by atoms with van der Waals surface area (Å²) in [5.74, 6) is -0.486. The van der Waals surface area contributed by atoms with Gasteiger partial charge in [-0.15, -0.1) is 0 Å². The Balaban J connectivity index is 3.28. The van der Waals surface area contributed by atoms with Crippen LogP contribution in [0.3, 0.4) is 0 Å². The Morgan fingerprint density at radius 2 is 2.00 bits per heavy atom. The highest BCUT2D eigenvalue weighted by molar-refractivity contribution is 6.29. The van der Waals surface area contributed by atoms with Crippen LogP contribution in [0.4, 0.5) is 0 Å². The average Bonchev–Trinajstić information content (AvgIpc) is 2.01. The molecule has 1 aromatic heterocycles. The normalized spacial score (nSPS) is 11.4. The van der Waals surface area contributed by atoms with Gasteiger partial charge in [-0.05, 0) is 12.1 Å². The van der Waals surface area contributed by atoms with Crippen LogP contribution in [0, 0.1) is 0 Å². The number of nitrogens with two attached hydrogens (primary N) is 1. The minimum Gasteiger partial charge on any atom is -0.366 e. The fraction of sp³-hybridized carbons (Fsp3) is 0.400. The van der Waals surface area contributed by atoms with Crippen LogP contribution >= 0.6 is 11.6 Å². The molecule has 0 aliphatic carbocycles. The molecule has 2 N–H and O–H groups in total. The predicted octanol–water partition coefficient (Wildman–Crippen LogP) is 2.13. The summed E-state index contributed by atoms with van der Waals surface area (Å²) in [6.07, 6.45) is 0. The van der Waals surface area contributed by atoms with E-state index in [0.717, 1.165) is 5.69 Å². The summed E-state index contributed by atoms with van der Waals surface area (Å²) in [7, 11) is 0. The van der Waals surface area contributed by atoms with E-state index < -0.39 is 5.91 Å². The molecule has 76 valence electrons. The second kappa shape index (κ2) is 3.58. The molecule has 14 heavy (non-hydrogen) atoms. The highest BCUT2D eigenvalue weighted by Gasteiger charge is 2.17. The van der Waals surface area contributed by atoms with Crippen molar-refractivity contribution in [2.45, 2.75) is 26.2 Å². The van der Waals surface area contributed by atoms with Crippen molar-refractivity contribution in [2.75, 3.05) is 0 Å². The number of hydrogen-bond donors (Lipinski definition) is 1. The molecule has 1 aromatic rings. The molecular formula is C10H13ClN2O. The van der Waals surface area contributed by atoms with E-state index in [1.807, 2.05) is 20.8 Å². The molecule has 3 nitrogen and oxygen atoms in total. The zero-order valence-electron chi connectivity index (χ0n) is 8.47. The topological polar surface area (TPSA) is 56.0 Å². The van der Waals surface area contributed by atoms with Crippen LogP contribution in [0.1, 0.15) is 36.8 Å². The third-order valence-electron chi connectivity index (χ3n) is 1.85. The lowest BCUT2D eigenvalue weighted by Crippen LogP contribution is -2.17. The Bertz CT molecular complexity index is 369. The molecule has 0 saturated heterocycles. The molecule has 0 unspecified atom stereocenters. The highest BCUT2D eigenvalue weighted by Crippen LogP contribution is 2.23. The number of rotatable bonds is 1. The van der Waals surface area contributed by atoms with Crippen molar-refractivity contribution < 1.29 is 4.79 Å². The first kappa shape index (κ1) is 11.0. The molecule has 0 saturated carbocycles. The van der Waals surface area contributed by atoms with Crippen molar-refractivity contribution in [2.24, 2.45) is 5.73 Å². The van der Waals surface area contributed by atoms with E-state index in [-0.39, 0.29) is 5.41 Å². The fourth-order valence-corrected chi connectivity index (χ4v) is 1.23. The van der Waals surface area contributed by atoms with Gasteiger partial charge in [0.1, 0.15) is 5.15 Å². The molecule has 0 radical (unpaired) electrons. The number of aromatic nitrogens is 1. The molecule has 4 heteroatoms. The Kier molecular flexibility index (Phi) is 2.81. The zero-order chi connectivity index (χ0) is 10.9. The average molecular weight is 213 g/mol. The largest absolute Gasteiger partial charge is 0.366 e. The summed E-state index contributed by atoms with van der Waals surface area (Å²) < 4.78 is 0. The summed E-state index contributed by atoms with van der Waals surface area (Å²) in [5.41, 5.74) is 6.19. The molecule has 0 aliphatic rings. The van der Waals surface area contributed by atoms with Crippen LogP contribution in [0.5, 0.6) is 0 Å². The molecule has 1 rings (SSSR count). The fourth-order valence-electron chi connectivity index (χ4n) is 1.02. The van der Waals surface area contributed by atoms with Gasteiger partial charge in [-0.3, -0.25) is 4.79 Å². The minimum absolute atomic E-state index is 0.144. The number of halogens is 1. The van der Waals surface area contributed by atoms with Gasteiger partial charge in [0, 0.05) is 16.7 Å². The molecule has 0 atom stereocenters. The Labute approximate surface area is 88.3 Å². The van der Waals surface area contributed by atoms with E-state index in [2.05, 4.69) is 4.98 Å². The van der Waals surface area contributed by atoms with Crippen molar-refractivity contribution in [3.63, 3.8) is 0 Å². The van der Waals surface area contributed by atoms with Gasteiger partial charge in [0.25, 0.3) is 0 Å². The number of carbonyl (C=O) groups excluding carboxylic acids is 1. The quantitative estimate of drug-likeness (QED) is 0.725. The van der Waals surface area contributed by atoms with Crippen molar-refractivity contribution in [1.29, 1.82) is 0 Å². The van der Waals surface area contributed by atoms with Gasteiger partial charge < -0.3 is 5.73 Å². The van der Waals surface area contributed by atoms with E-state index in [0.29, 0.717) is 10.7 Å². The maximum atomic E-state index is 11.0. The van der Waals surface area contributed by atoms with Crippen molar-refractivity contribution in [3.05, 3.63) is 28.5 Å². The number of carbonyl (C=O) groups is 1. The molecular weight excluding hydrogens is 200 g/mol. The Morgan fingerprint density at radius 3 is 2.43 bits per heavy atom. The molecule has 0 aromatic carbocycles. The lowest BCUT2D eigenvalue weighted by atomic mass is 9.91. The summed E-state index contributed by atoms with van der Waals surface area (Å²) in [6, 6.07) is 3.15. The van der Waals surface area contributed by atoms with Gasteiger partial charge in [-0.25, -0.2) is 4.98 Å². The van der Waals surface area contributed by atoms with Crippen LogP contribution in [-0.2, 0) is 5.41 Å². The molecule has 1 heterocycles. The van der Waals surface area contributed by atoms with E-state index in [4.69, 9.17) is 17.3 Å². The van der Waals surface area contributed by atoms with E-state index in [1.165, 1.54) is 6.07 Å². The highest BCUT2D eigenvalue weighted by atomic mass is 35.5. The van der Waals surface area contributed by atoms with Gasteiger partial charge in [-0.2, -0.15) is 0 Å². The monoisotopic (exact) mass is 212 g/mol. The first-order valence-electron chi connectivity index (χ1n) is 4.28. The van der Waals surface area contributed by atoms with Crippen LogP contribution < -0.4 is 5.73 Å². The van der Waals surface area contributed by atoms with Gasteiger partial charge >= 0.3 is 0 Å². The van der Waals surface area contributed by atoms with Crippen LogP contribution in [-0.4, -0.2) is 10.9 Å². The number of amides is 1. The van der Waals surface area contributed by atoms with Crippen molar-refractivity contribution in [1.82, 2.24) is 4.98 Å². The first-order chi connectivity index (χ1) is 6.30. The third kappa shape index (κ3) is 2.45. The van der Waals surface area contributed by atoms with E-state index >= 15 is 0 Å². The summed E-state index contributed by atoms with van der Waals surface area (Å²) in [6.45, 7) is 5.99. The van der Waals surface area contributed by atoms with Crippen LogP contribution in [0.25, 0.3) is 0 Å². The van der Waals surface area contributed by atoms with Gasteiger partial charge in [-0.1, -0.05) is 32.4 Å². The van der Waals surface area contributed by atoms with Crippen molar-refractivity contribution in [3.8, 4) is 0 Å². The summed E-state index contributed by atoms with van der Waals surface area (Å²) in [5, 5.41) is 0.297. The van der Waals surface area contributed by atoms with E-state index in [1.54, 1.807) is 6.07 Å². The van der Waals surface area contributed by atoms with Gasteiger partial charge in [0.15, 0.2) is 0 Å². The number of nitrogens with zero attached hydrogens (tertiary/aromatic N) is 1. The third-order valence-corrected chi connectivity index (χ3v) is 2.04. The van der Waals surface area contributed by atoms with Gasteiger partial charge in [0.05, 0.1) is 0 Å². The smallest absolute Gasteiger partial charge is 0.248 e. The first-order valence-corrected chi connectivity index (χ1v) is 4.66. The SMILES string of the molecule is CC(C)(C)c1cc(C(N)=O)cc(Cl)n1. The number of pyridine rings is 1. The van der Waals surface area contributed by atoms with Crippen LogP contribution in [0.2, 0.25) is 5.15 Å². The predicted molar refractivity (Wildman–Crippen MR) is 56.5 cm³/mol. The molecule has 0 aliphatic heterocycles. The minimum atomic E-state index is -0.486. The lowest BCUT2D eigenvalue weighted by molar-refractivity contribution is 0.1000. The van der Waals surface area contributed by atoms with Crippen molar-refractivity contribution >= 4 is 17.5 Å². The maximum Gasteiger partial charge on any atom is 0.248 e. The zero-order valence-corrected chi connectivity index (χ0v) is 9.22. The Morgan fingerprint density at radius 1 is 1.43 bits per heavy atom. The second-order valence-corrected chi connectivity index (χ2v) is 4.57. The summed E-state index contributed by atoms with van der Waals surface area (Å²) in [4.78, 5) is 15.1. The molecule has 0 fully saturated rings. The molecule has 0 spiro atoms. The van der Waals surface area contributed by atoms with E-state index in [9.17, 15) is 4.79 Å². The molecule has 0 bridgehead atoms. The summed E-state index contributed by atoms with van der Waals surface area (Å²) >= 11 is 5.78. The maximum absolute atomic E-state index is 11.0. The number of primary amides is 1. The number of hydrogen-bond acceptors (Lipinski definition) is 2. The molecule has 1 amide bonds. The lowest BCUT2D eigenvalue weighted by Gasteiger charge is -2.18. The van der Waals surface area contributed by atoms with Gasteiger partial charge in [0.2, 0.25) is 5.91 Å².